The minimum absolute atomic E-state index is 0.0970. The van der Waals surface area contributed by atoms with Crippen molar-refractivity contribution in [1.29, 1.82) is 0 Å². The molecule has 1 N–H and O–H groups in total. The number of thiophene rings is 1. The van der Waals surface area contributed by atoms with Crippen LogP contribution in [0, 0.1) is 0 Å². The van der Waals surface area contributed by atoms with Gasteiger partial charge in [-0.2, -0.15) is 0 Å². The Morgan fingerprint density at radius 1 is 1.27 bits per heavy atom. The molecule has 112 valence electrons. The SMILES string of the molecule is Cn1ccnc1Sc1ccc(NC(=O)c2ccc(Br)s2)cc1. The number of aryl methyl sites for hydroxylation is 1. The number of benzene rings is 1. The molecule has 0 unspecified atom stereocenters. The lowest BCUT2D eigenvalue weighted by atomic mass is 10.3. The zero-order chi connectivity index (χ0) is 15.5. The summed E-state index contributed by atoms with van der Waals surface area (Å²) < 4.78 is 2.91. The van der Waals surface area contributed by atoms with Gasteiger partial charge in [0.2, 0.25) is 0 Å². The lowest BCUT2D eigenvalue weighted by Gasteiger charge is -2.05. The Bertz CT molecular complexity index is 795. The van der Waals surface area contributed by atoms with E-state index in [1.54, 1.807) is 24.0 Å². The van der Waals surface area contributed by atoms with E-state index < -0.39 is 0 Å². The number of carbonyl (C=O) groups excluding carboxylic acids is 1. The molecular formula is C15H12BrN3OS2. The highest BCUT2D eigenvalue weighted by atomic mass is 79.9. The second kappa shape index (κ2) is 6.68. The topological polar surface area (TPSA) is 46.9 Å². The van der Waals surface area contributed by atoms with Gasteiger partial charge in [-0.3, -0.25) is 4.79 Å². The monoisotopic (exact) mass is 393 g/mol. The molecule has 7 heteroatoms. The fourth-order valence-electron chi connectivity index (χ4n) is 1.79. The van der Waals surface area contributed by atoms with E-state index in [0.717, 1.165) is 19.5 Å². The van der Waals surface area contributed by atoms with Crippen LogP contribution in [0.25, 0.3) is 0 Å². The summed E-state index contributed by atoms with van der Waals surface area (Å²) in [6.07, 6.45) is 3.69. The normalized spacial score (nSPS) is 10.6. The van der Waals surface area contributed by atoms with Crippen LogP contribution in [0.1, 0.15) is 9.67 Å². The second-order valence-corrected chi connectivity index (χ2v) is 8.01. The highest BCUT2D eigenvalue weighted by Gasteiger charge is 2.09. The molecule has 1 amide bonds. The van der Waals surface area contributed by atoms with E-state index in [2.05, 4.69) is 26.2 Å². The molecule has 0 fully saturated rings. The van der Waals surface area contributed by atoms with Gasteiger partial charge in [0.05, 0.1) is 8.66 Å². The lowest BCUT2D eigenvalue weighted by Crippen LogP contribution is -2.09. The van der Waals surface area contributed by atoms with Crippen LogP contribution in [0.3, 0.4) is 0 Å². The van der Waals surface area contributed by atoms with Gasteiger partial charge in [-0.25, -0.2) is 4.98 Å². The number of imidazole rings is 1. The number of halogens is 1. The van der Waals surface area contributed by atoms with Crippen molar-refractivity contribution in [2.45, 2.75) is 10.1 Å². The number of aromatic nitrogens is 2. The lowest BCUT2D eigenvalue weighted by molar-refractivity contribution is 0.103. The number of hydrogen-bond acceptors (Lipinski definition) is 4. The van der Waals surface area contributed by atoms with E-state index in [9.17, 15) is 4.79 Å². The third kappa shape index (κ3) is 3.60. The summed E-state index contributed by atoms with van der Waals surface area (Å²) in [4.78, 5) is 18.1. The van der Waals surface area contributed by atoms with Gasteiger partial charge in [-0.1, -0.05) is 11.8 Å². The van der Waals surface area contributed by atoms with Gasteiger partial charge < -0.3 is 9.88 Å². The van der Waals surface area contributed by atoms with Crippen molar-refractivity contribution in [2.75, 3.05) is 5.32 Å². The van der Waals surface area contributed by atoms with Crippen LogP contribution in [0.5, 0.6) is 0 Å². The van der Waals surface area contributed by atoms with Crippen molar-refractivity contribution in [3.8, 4) is 0 Å². The molecule has 4 nitrogen and oxygen atoms in total. The summed E-state index contributed by atoms with van der Waals surface area (Å²) in [5.74, 6) is -0.0970. The third-order valence-electron chi connectivity index (χ3n) is 2.90. The quantitative estimate of drug-likeness (QED) is 0.701. The van der Waals surface area contributed by atoms with Crippen LogP contribution >= 0.6 is 39.0 Å². The number of amides is 1. The zero-order valence-electron chi connectivity index (χ0n) is 11.6. The molecule has 2 aromatic heterocycles. The van der Waals surface area contributed by atoms with Crippen molar-refractivity contribution in [3.63, 3.8) is 0 Å². The highest BCUT2D eigenvalue weighted by Crippen LogP contribution is 2.27. The Labute approximate surface area is 144 Å². The van der Waals surface area contributed by atoms with Gasteiger partial charge in [-0.05, 0) is 52.3 Å². The van der Waals surface area contributed by atoms with Gasteiger partial charge in [0.15, 0.2) is 5.16 Å². The molecule has 0 bridgehead atoms. The largest absolute Gasteiger partial charge is 0.329 e. The van der Waals surface area contributed by atoms with Crippen molar-refractivity contribution >= 4 is 50.6 Å². The van der Waals surface area contributed by atoms with Crippen molar-refractivity contribution < 1.29 is 4.79 Å². The number of hydrogen-bond donors (Lipinski definition) is 1. The first-order valence-electron chi connectivity index (χ1n) is 6.44. The molecule has 0 aliphatic rings. The van der Waals surface area contributed by atoms with Gasteiger partial charge >= 0.3 is 0 Å². The highest BCUT2D eigenvalue weighted by molar-refractivity contribution is 9.11. The fraction of sp³-hybridized carbons (Fsp3) is 0.0667. The van der Waals surface area contributed by atoms with Gasteiger partial charge in [0, 0.05) is 30.0 Å². The third-order valence-corrected chi connectivity index (χ3v) is 5.60. The van der Waals surface area contributed by atoms with E-state index in [1.807, 2.05) is 48.1 Å². The predicted molar refractivity (Wildman–Crippen MR) is 93.7 cm³/mol. The standard InChI is InChI=1S/C15H12BrN3OS2/c1-19-9-8-17-15(19)21-11-4-2-10(3-5-11)18-14(20)12-6-7-13(16)22-12/h2-9H,1H3,(H,18,20). The maximum absolute atomic E-state index is 12.1. The summed E-state index contributed by atoms with van der Waals surface area (Å²) >= 11 is 6.35. The first-order valence-corrected chi connectivity index (χ1v) is 8.86. The number of carbonyl (C=O) groups is 1. The molecule has 0 aliphatic heterocycles. The minimum Gasteiger partial charge on any atom is -0.329 e. The predicted octanol–water partition coefficient (Wildman–Crippen LogP) is 4.65. The fourth-order valence-corrected chi connectivity index (χ4v) is 3.87. The van der Waals surface area contributed by atoms with E-state index in [-0.39, 0.29) is 5.91 Å². The number of nitrogens with zero attached hydrogens (tertiary/aromatic N) is 2. The van der Waals surface area contributed by atoms with Gasteiger partial charge in [0.25, 0.3) is 5.91 Å². The number of rotatable bonds is 4. The molecule has 3 rings (SSSR count). The number of nitrogens with one attached hydrogen (secondary N) is 1. The van der Waals surface area contributed by atoms with Crippen molar-refractivity contribution in [1.82, 2.24) is 9.55 Å². The van der Waals surface area contributed by atoms with Crippen LogP contribution in [-0.2, 0) is 7.05 Å². The first kappa shape index (κ1) is 15.3. The Balaban J connectivity index is 1.66. The molecule has 0 radical (unpaired) electrons. The maximum atomic E-state index is 12.1. The van der Waals surface area contributed by atoms with Crippen LogP contribution in [0.15, 0.2) is 62.6 Å². The molecule has 2 heterocycles. The molecule has 0 spiro atoms. The molecule has 0 saturated carbocycles. The maximum Gasteiger partial charge on any atom is 0.265 e. The smallest absolute Gasteiger partial charge is 0.265 e. The molecule has 3 aromatic rings. The first-order chi connectivity index (χ1) is 10.6. The average Bonchev–Trinajstić information content (AvgIpc) is 3.10. The molecule has 0 atom stereocenters. The molecular weight excluding hydrogens is 382 g/mol. The van der Waals surface area contributed by atoms with E-state index >= 15 is 0 Å². The Hall–Kier alpha value is -1.57. The van der Waals surface area contributed by atoms with E-state index in [4.69, 9.17) is 0 Å². The van der Waals surface area contributed by atoms with Gasteiger partial charge in [0.1, 0.15) is 0 Å². The van der Waals surface area contributed by atoms with Crippen molar-refractivity contribution in [2.24, 2.45) is 7.05 Å². The molecule has 22 heavy (non-hydrogen) atoms. The average molecular weight is 394 g/mol. The minimum atomic E-state index is -0.0970. The summed E-state index contributed by atoms with van der Waals surface area (Å²) in [5.41, 5.74) is 0.777. The summed E-state index contributed by atoms with van der Waals surface area (Å²) in [6.45, 7) is 0. The Morgan fingerprint density at radius 3 is 2.64 bits per heavy atom. The van der Waals surface area contributed by atoms with E-state index in [0.29, 0.717) is 4.88 Å². The van der Waals surface area contributed by atoms with E-state index in [1.165, 1.54) is 11.3 Å². The zero-order valence-corrected chi connectivity index (χ0v) is 14.8. The van der Waals surface area contributed by atoms with Gasteiger partial charge in [-0.15, -0.1) is 11.3 Å². The summed E-state index contributed by atoms with van der Waals surface area (Å²) in [7, 11) is 1.96. The van der Waals surface area contributed by atoms with Crippen LogP contribution in [0.2, 0.25) is 0 Å². The molecule has 0 aliphatic carbocycles. The Morgan fingerprint density at radius 2 is 2.05 bits per heavy atom. The van der Waals surface area contributed by atoms with Crippen molar-refractivity contribution in [3.05, 3.63) is 57.5 Å². The van der Waals surface area contributed by atoms with Crippen LogP contribution < -0.4 is 5.32 Å². The molecule has 1 aromatic carbocycles. The van der Waals surface area contributed by atoms with Crippen LogP contribution in [-0.4, -0.2) is 15.5 Å². The second-order valence-electron chi connectivity index (χ2n) is 4.51. The summed E-state index contributed by atoms with van der Waals surface area (Å²) in [6, 6.07) is 11.4. The summed E-state index contributed by atoms with van der Waals surface area (Å²) in [5, 5.41) is 3.82. The number of anilines is 1. The Kier molecular flexibility index (Phi) is 4.66. The molecule has 0 saturated heterocycles. The van der Waals surface area contributed by atoms with Crippen LogP contribution in [0.4, 0.5) is 5.69 Å².